The normalized spacial score (nSPS) is 20.0. The quantitative estimate of drug-likeness (QED) is 0.458. The molecule has 0 bridgehead atoms. The first kappa shape index (κ1) is 19.9. The second-order valence-electron chi connectivity index (χ2n) is 7.81. The van der Waals surface area contributed by atoms with Gasteiger partial charge in [-0.1, -0.05) is 45.4 Å². The summed E-state index contributed by atoms with van der Waals surface area (Å²) in [5.74, 6) is -1.81. The Morgan fingerprint density at radius 2 is 1.26 bits per heavy atom. The minimum atomic E-state index is -0.855. The molecule has 4 heteroatoms. The molecule has 0 atom stereocenters. The van der Waals surface area contributed by atoms with Crippen LogP contribution in [0.15, 0.2) is 30.3 Å². The lowest BCUT2D eigenvalue weighted by Gasteiger charge is -2.28. The van der Waals surface area contributed by atoms with Gasteiger partial charge in [-0.15, -0.1) is 0 Å². The Morgan fingerprint density at radius 3 is 1.78 bits per heavy atom. The van der Waals surface area contributed by atoms with Crippen molar-refractivity contribution in [2.45, 2.75) is 58.3 Å². The highest BCUT2D eigenvalue weighted by Crippen LogP contribution is 2.34. The molecule has 0 aliphatic heterocycles. The van der Waals surface area contributed by atoms with Crippen molar-refractivity contribution in [3.63, 3.8) is 0 Å². The fourth-order valence-electron chi connectivity index (χ4n) is 4.33. The smallest absolute Gasteiger partial charge is 0.134 e. The van der Waals surface area contributed by atoms with Crippen LogP contribution in [-0.4, -0.2) is 0 Å². The van der Waals surface area contributed by atoms with Crippen LogP contribution in [0.25, 0.3) is 11.1 Å². The lowest BCUT2D eigenvalue weighted by atomic mass is 9.78. The molecule has 146 valence electrons. The summed E-state index contributed by atoms with van der Waals surface area (Å²) in [7, 11) is 0. The molecule has 0 N–H and O–H groups in total. The van der Waals surface area contributed by atoms with Gasteiger partial charge in [-0.25, -0.2) is 17.6 Å². The van der Waals surface area contributed by atoms with E-state index < -0.39 is 23.3 Å². The summed E-state index contributed by atoms with van der Waals surface area (Å²) in [6, 6.07) is 5.16. The van der Waals surface area contributed by atoms with E-state index >= 15 is 0 Å². The number of hydrogen-bond acceptors (Lipinski definition) is 0. The van der Waals surface area contributed by atoms with Gasteiger partial charge >= 0.3 is 0 Å². The molecular weight excluding hydrogens is 352 g/mol. The molecule has 1 aliphatic carbocycles. The van der Waals surface area contributed by atoms with Crippen molar-refractivity contribution >= 4 is 0 Å². The summed E-state index contributed by atoms with van der Waals surface area (Å²) in [4.78, 5) is 0. The molecular formula is C23H26F4. The van der Waals surface area contributed by atoms with Crippen molar-refractivity contribution in [2.24, 2.45) is 11.8 Å². The van der Waals surface area contributed by atoms with Crippen molar-refractivity contribution < 1.29 is 17.6 Å². The van der Waals surface area contributed by atoms with Gasteiger partial charge in [-0.05, 0) is 60.1 Å². The van der Waals surface area contributed by atoms with Gasteiger partial charge in [0.1, 0.15) is 23.3 Å². The minimum Gasteiger partial charge on any atom is -0.207 e. The molecule has 0 amide bonds. The van der Waals surface area contributed by atoms with Gasteiger partial charge in [0.15, 0.2) is 0 Å². The second kappa shape index (κ2) is 8.90. The number of aryl methyl sites for hydroxylation is 1. The van der Waals surface area contributed by atoms with Crippen molar-refractivity contribution in [3.05, 3.63) is 59.2 Å². The fourth-order valence-corrected chi connectivity index (χ4v) is 4.33. The van der Waals surface area contributed by atoms with E-state index in [4.69, 9.17) is 0 Å². The Labute approximate surface area is 158 Å². The van der Waals surface area contributed by atoms with Gasteiger partial charge in [0.05, 0.1) is 5.56 Å². The van der Waals surface area contributed by atoms with E-state index in [2.05, 4.69) is 6.92 Å². The molecule has 0 saturated heterocycles. The highest BCUT2D eigenvalue weighted by atomic mass is 19.1. The maximum absolute atomic E-state index is 14.5. The van der Waals surface area contributed by atoms with E-state index in [1.165, 1.54) is 50.7 Å². The van der Waals surface area contributed by atoms with Crippen LogP contribution in [0.5, 0.6) is 0 Å². The van der Waals surface area contributed by atoms with Crippen LogP contribution in [0.3, 0.4) is 0 Å². The third kappa shape index (κ3) is 5.12. The number of benzene rings is 2. The average molecular weight is 378 g/mol. The summed E-state index contributed by atoms with van der Waals surface area (Å²) in [5.41, 5.74) is 0.0989. The maximum Gasteiger partial charge on any atom is 0.134 e. The molecule has 0 heterocycles. The van der Waals surface area contributed by atoms with Crippen LogP contribution >= 0.6 is 0 Å². The lowest BCUT2D eigenvalue weighted by Crippen LogP contribution is -2.15. The van der Waals surface area contributed by atoms with Gasteiger partial charge in [-0.2, -0.15) is 0 Å². The first-order chi connectivity index (χ1) is 13.0. The molecule has 1 saturated carbocycles. The average Bonchev–Trinajstić information content (AvgIpc) is 2.60. The molecule has 0 spiro atoms. The number of rotatable bonds is 6. The fraction of sp³-hybridized carbons (Fsp3) is 0.478. The van der Waals surface area contributed by atoms with Crippen molar-refractivity contribution in [1.82, 2.24) is 0 Å². The molecule has 27 heavy (non-hydrogen) atoms. The van der Waals surface area contributed by atoms with Crippen molar-refractivity contribution in [3.8, 4) is 11.1 Å². The van der Waals surface area contributed by atoms with E-state index in [0.29, 0.717) is 24.0 Å². The Bertz CT molecular complexity index is 733. The van der Waals surface area contributed by atoms with Crippen LogP contribution in [0, 0.1) is 35.1 Å². The molecule has 1 aliphatic rings. The van der Waals surface area contributed by atoms with Crippen molar-refractivity contribution in [1.29, 1.82) is 0 Å². The van der Waals surface area contributed by atoms with Gasteiger partial charge in [0, 0.05) is 6.07 Å². The molecule has 2 aromatic rings. The van der Waals surface area contributed by atoms with Crippen molar-refractivity contribution in [2.75, 3.05) is 0 Å². The van der Waals surface area contributed by atoms with Gasteiger partial charge < -0.3 is 0 Å². The first-order valence-corrected chi connectivity index (χ1v) is 9.90. The van der Waals surface area contributed by atoms with E-state index in [9.17, 15) is 17.6 Å². The third-order valence-corrected chi connectivity index (χ3v) is 5.76. The van der Waals surface area contributed by atoms with Crippen LogP contribution in [0.1, 0.15) is 57.4 Å². The summed E-state index contributed by atoms with van der Waals surface area (Å²) in [5, 5.41) is 0. The maximum atomic E-state index is 14.5. The van der Waals surface area contributed by atoms with Crippen LogP contribution in [0.4, 0.5) is 17.6 Å². The lowest BCUT2D eigenvalue weighted by molar-refractivity contribution is 0.252. The summed E-state index contributed by atoms with van der Waals surface area (Å²) >= 11 is 0. The summed E-state index contributed by atoms with van der Waals surface area (Å²) in [6.07, 6.45) is 8.96. The molecule has 2 aromatic carbocycles. The first-order valence-electron chi connectivity index (χ1n) is 9.90. The molecule has 0 unspecified atom stereocenters. The summed E-state index contributed by atoms with van der Waals surface area (Å²) in [6.45, 7) is 2.22. The zero-order chi connectivity index (χ0) is 19.4. The van der Waals surface area contributed by atoms with Gasteiger partial charge in [0.2, 0.25) is 0 Å². The van der Waals surface area contributed by atoms with Crippen LogP contribution in [-0.2, 0) is 6.42 Å². The standard InChI is InChI=1S/C23H26F4/c1-2-3-15-4-6-16(7-5-15)8-9-17-10-21(26)23(22(27)11-17)18-12-19(24)14-20(25)13-18/h10-16H,2-9H2,1H3. The van der Waals surface area contributed by atoms with E-state index in [1.54, 1.807) is 0 Å². The molecule has 0 radical (unpaired) electrons. The Kier molecular flexibility index (Phi) is 6.56. The van der Waals surface area contributed by atoms with Crippen LogP contribution < -0.4 is 0 Å². The topological polar surface area (TPSA) is 0 Å². The zero-order valence-electron chi connectivity index (χ0n) is 15.7. The molecule has 3 rings (SSSR count). The minimum absolute atomic E-state index is 0.122. The predicted octanol–water partition coefficient (Wildman–Crippen LogP) is 7.45. The van der Waals surface area contributed by atoms with Crippen LogP contribution in [0.2, 0.25) is 0 Å². The predicted molar refractivity (Wildman–Crippen MR) is 100 cm³/mol. The van der Waals surface area contributed by atoms with Gasteiger partial charge in [0.25, 0.3) is 0 Å². The molecule has 0 aromatic heterocycles. The van der Waals surface area contributed by atoms with E-state index in [0.717, 1.165) is 24.5 Å². The Balaban J connectivity index is 1.67. The SMILES string of the molecule is CCCC1CCC(CCc2cc(F)c(-c3cc(F)cc(F)c3)c(F)c2)CC1. The van der Waals surface area contributed by atoms with E-state index in [1.807, 2.05) is 0 Å². The Morgan fingerprint density at radius 1 is 0.741 bits per heavy atom. The Hall–Kier alpha value is -1.84. The largest absolute Gasteiger partial charge is 0.207 e. The number of hydrogen-bond donors (Lipinski definition) is 0. The highest BCUT2D eigenvalue weighted by molar-refractivity contribution is 5.65. The molecule has 0 nitrogen and oxygen atoms in total. The summed E-state index contributed by atoms with van der Waals surface area (Å²) < 4.78 is 55.7. The van der Waals surface area contributed by atoms with Gasteiger partial charge in [-0.3, -0.25) is 0 Å². The zero-order valence-corrected chi connectivity index (χ0v) is 15.7. The third-order valence-electron chi connectivity index (χ3n) is 5.76. The monoisotopic (exact) mass is 378 g/mol. The van der Waals surface area contributed by atoms with E-state index in [-0.39, 0.29) is 11.1 Å². The second-order valence-corrected chi connectivity index (χ2v) is 7.81. The number of halogens is 4. The highest BCUT2D eigenvalue weighted by Gasteiger charge is 2.21. The molecule has 1 fully saturated rings.